The SMILES string of the molecule is CC1(C)CNCCN1c1ccc(-c2ccncc2)nn1. The molecule has 3 heterocycles. The van der Waals surface area contributed by atoms with Gasteiger partial charge in [-0.15, -0.1) is 10.2 Å². The van der Waals surface area contributed by atoms with Gasteiger partial charge in [0.25, 0.3) is 0 Å². The second-order valence-electron chi connectivity index (χ2n) is 5.65. The molecule has 0 atom stereocenters. The second-order valence-corrected chi connectivity index (χ2v) is 5.65. The minimum Gasteiger partial charge on any atom is -0.347 e. The molecule has 0 spiro atoms. The summed E-state index contributed by atoms with van der Waals surface area (Å²) in [5.74, 6) is 0.939. The van der Waals surface area contributed by atoms with Crippen LogP contribution in [0.3, 0.4) is 0 Å². The van der Waals surface area contributed by atoms with Crippen molar-refractivity contribution in [2.24, 2.45) is 0 Å². The van der Waals surface area contributed by atoms with Gasteiger partial charge in [0, 0.05) is 43.1 Å². The van der Waals surface area contributed by atoms with Crippen molar-refractivity contribution >= 4 is 5.82 Å². The molecular formula is C15H19N5. The fourth-order valence-electron chi connectivity index (χ4n) is 2.55. The van der Waals surface area contributed by atoms with E-state index in [1.165, 1.54) is 0 Å². The summed E-state index contributed by atoms with van der Waals surface area (Å²) >= 11 is 0. The summed E-state index contributed by atoms with van der Waals surface area (Å²) in [6.07, 6.45) is 3.54. The van der Waals surface area contributed by atoms with Crippen molar-refractivity contribution in [2.75, 3.05) is 24.5 Å². The number of nitrogens with zero attached hydrogens (tertiary/aromatic N) is 4. The first-order valence-corrected chi connectivity index (χ1v) is 6.89. The number of rotatable bonds is 2. The Morgan fingerprint density at radius 3 is 2.55 bits per heavy atom. The molecule has 0 aliphatic carbocycles. The van der Waals surface area contributed by atoms with Crippen LogP contribution in [-0.4, -0.2) is 40.4 Å². The maximum Gasteiger partial charge on any atom is 0.151 e. The summed E-state index contributed by atoms with van der Waals surface area (Å²) < 4.78 is 0. The minimum atomic E-state index is 0.0606. The molecule has 1 aliphatic heterocycles. The number of pyridine rings is 1. The Hall–Kier alpha value is -2.01. The molecule has 0 saturated carbocycles. The van der Waals surface area contributed by atoms with Crippen molar-refractivity contribution in [1.29, 1.82) is 0 Å². The van der Waals surface area contributed by atoms with Crippen LogP contribution in [0.1, 0.15) is 13.8 Å². The van der Waals surface area contributed by atoms with E-state index in [0.29, 0.717) is 0 Å². The van der Waals surface area contributed by atoms with Gasteiger partial charge in [-0.25, -0.2) is 0 Å². The molecule has 5 heteroatoms. The molecule has 0 bridgehead atoms. The molecule has 2 aromatic heterocycles. The van der Waals surface area contributed by atoms with Crippen LogP contribution in [0.5, 0.6) is 0 Å². The Morgan fingerprint density at radius 1 is 1.10 bits per heavy atom. The van der Waals surface area contributed by atoms with Gasteiger partial charge in [0.15, 0.2) is 5.82 Å². The zero-order chi connectivity index (χ0) is 14.0. The van der Waals surface area contributed by atoms with Gasteiger partial charge in [0.1, 0.15) is 0 Å². The van der Waals surface area contributed by atoms with Crippen molar-refractivity contribution < 1.29 is 0 Å². The minimum absolute atomic E-state index is 0.0606. The molecule has 1 N–H and O–H groups in total. The lowest BCUT2D eigenvalue weighted by atomic mass is 10.0. The molecule has 0 amide bonds. The molecule has 3 rings (SSSR count). The molecule has 1 saturated heterocycles. The van der Waals surface area contributed by atoms with E-state index in [1.54, 1.807) is 12.4 Å². The van der Waals surface area contributed by atoms with Gasteiger partial charge in [0.2, 0.25) is 0 Å². The van der Waals surface area contributed by atoms with Crippen LogP contribution in [0.2, 0.25) is 0 Å². The van der Waals surface area contributed by atoms with Gasteiger partial charge in [-0.05, 0) is 38.1 Å². The fourth-order valence-corrected chi connectivity index (χ4v) is 2.55. The van der Waals surface area contributed by atoms with E-state index in [9.17, 15) is 0 Å². The third kappa shape index (κ3) is 2.49. The quantitative estimate of drug-likeness (QED) is 0.899. The number of anilines is 1. The molecule has 5 nitrogen and oxygen atoms in total. The highest BCUT2D eigenvalue weighted by Gasteiger charge is 2.30. The molecule has 1 fully saturated rings. The van der Waals surface area contributed by atoms with Crippen LogP contribution in [-0.2, 0) is 0 Å². The highest BCUT2D eigenvalue weighted by atomic mass is 15.3. The third-order valence-corrected chi connectivity index (χ3v) is 3.70. The average Bonchev–Trinajstić information content (AvgIpc) is 2.48. The first-order valence-electron chi connectivity index (χ1n) is 6.89. The van der Waals surface area contributed by atoms with Crippen molar-refractivity contribution in [2.45, 2.75) is 19.4 Å². The van der Waals surface area contributed by atoms with Gasteiger partial charge in [0.05, 0.1) is 5.69 Å². The van der Waals surface area contributed by atoms with Gasteiger partial charge in [-0.3, -0.25) is 4.98 Å². The number of hydrogen-bond acceptors (Lipinski definition) is 5. The predicted molar refractivity (Wildman–Crippen MR) is 79.6 cm³/mol. The molecule has 0 radical (unpaired) electrons. The molecule has 0 aromatic carbocycles. The summed E-state index contributed by atoms with van der Waals surface area (Å²) in [5.41, 5.74) is 1.98. The lowest BCUT2D eigenvalue weighted by Gasteiger charge is -2.43. The number of aromatic nitrogens is 3. The van der Waals surface area contributed by atoms with E-state index in [0.717, 1.165) is 36.7 Å². The topological polar surface area (TPSA) is 53.9 Å². The highest BCUT2D eigenvalue weighted by Crippen LogP contribution is 2.24. The largest absolute Gasteiger partial charge is 0.347 e. The van der Waals surface area contributed by atoms with E-state index < -0.39 is 0 Å². The Kier molecular flexibility index (Phi) is 3.36. The van der Waals surface area contributed by atoms with E-state index >= 15 is 0 Å². The van der Waals surface area contributed by atoms with Crippen LogP contribution in [0.15, 0.2) is 36.7 Å². The molecule has 0 unspecified atom stereocenters. The first-order chi connectivity index (χ1) is 9.67. The van der Waals surface area contributed by atoms with Crippen molar-refractivity contribution in [3.8, 4) is 11.3 Å². The van der Waals surface area contributed by atoms with Crippen molar-refractivity contribution in [3.05, 3.63) is 36.7 Å². The standard InChI is InChI=1S/C15H19N5/c1-15(2)11-17-9-10-20(15)14-4-3-13(18-19-14)12-5-7-16-8-6-12/h3-8,17H,9-11H2,1-2H3. The molecule has 20 heavy (non-hydrogen) atoms. The van der Waals surface area contributed by atoms with Crippen LogP contribution < -0.4 is 10.2 Å². The number of hydrogen-bond donors (Lipinski definition) is 1. The Balaban J connectivity index is 1.86. The van der Waals surface area contributed by atoms with Gasteiger partial charge < -0.3 is 10.2 Å². The molecule has 2 aromatic rings. The maximum absolute atomic E-state index is 4.40. The Morgan fingerprint density at radius 2 is 1.90 bits per heavy atom. The van der Waals surface area contributed by atoms with Gasteiger partial charge in [-0.2, -0.15) is 0 Å². The molecular weight excluding hydrogens is 250 g/mol. The highest BCUT2D eigenvalue weighted by molar-refractivity contribution is 5.59. The van der Waals surface area contributed by atoms with Crippen molar-refractivity contribution in [1.82, 2.24) is 20.5 Å². The number of piperazine rings is 1. The van der Waals surface area contributed by atoms with E-state index in [2.05, 4.69) is 45.3 Å². The first kappa shape index (κ1) is 13.0. The van der Waals surface area contributed by atoms with E-state index in [-0.39, 0.29) is 5.54 Å². The van der Waals surface area contributed by atoms with Gasteiger partial charge in [-0.1, -0.05) is 0 Å². The van der Waals surface area contributed by atoms with E-state index in [1.807, 2.05) is 18.2 Å². The Bertz CT molecular complexity index is 565. The van der Waals surface area contributed by atoms with Crippen molar-refractivity contribution in [3.63, 3.8) is 0 Å². The summed E-state index contributed by atoms with van der Waals surface area (Å²) in [7, 11) is 0. The third-order valence-electron chi connectivity index (χ3n) is 3.70. The maximum atomic E-state index is 4.40. The summed E-state index contributed by atoms with van der Waals surface area (Å²) in [5, 5.41) is 12.2. The smallest absolute Gasteiger partial charge is 0.151 e. The van der Waals surface area contributed by atoms with Gasteiger partial charge >= 0.3 is 0 Å². The summed E-state index contributed by atoms with van der Waals surface area (Å²) in [6.45, 7) is 7.34. The zero-order valence-electron chi connectivity index (χ0n) is 11.9. The zero-order valence-corrected chi connectivity index (χ0v) is 11.9. The van der Waals surface area contributed by atoms with Crippen LogP contribution in [0.4, 0.5) is 5.82 Å². The molecule has 1 aliphatic rings. The predicted octanol–water partition coefficient (Wildman–Crippen LogP) is 1.73. The van der Waals surface area contributed by atoms with Crippen LogP contribution >= 0.6 is 0 Å². The number of nitrogens with one attached hydrogen (secondary N) is 1. The lowest BCUT2D eigenvalue weighted by Crippen LogP contribution is -2.58. The fraction of sp³-hybridized carbons (Fsp3) is 0.400. The summed E-state index contributed by atoms with van der Waals surface area (Å²) in [6, 6.07) is 7.96. The second kappa shape index (κ2) is 5.17. The van der Waals surface area contributed by atoms with E-state index in [4.69, 9.17) is 0 Å². The average molecular weight is 269 g/mol. The van der Waals surface area contributed by atoms with Crippen LogP contribution in [0.25, 0.3) is 11.3 Å². The molecule has 104 valence electrons. The normalized spacial score (nSPS) is 18.0. The summed E-state index contributed by atoms with van der Waals surface area (Å²) in [4.78, 5) is 6.33. The van der Waals surface area contributed by atoms with Crippen LogP contribution in [0, 0.1) is 0 Å². The Labute approximate surface area is 119 Å². The lowest BCUT2D eigenvalue weighted by molar-refractivity contribution is 0.377. The monoisotopic (exact) mass is 269 g/mol.